The molecule has 0 aromatic carbocycles. The molecular weight excluding hydrogens is 524 g/mol. The van der Waals surface area contributed by atoms with Gasteiger partial charge < -0.3 is 20.3 Å². The molecule has 0 saturated carbocycles. The quantitative estimate of drug-likeness (QED) is 0.490. The Kier molecular flexibility index (Phi) is 6.63. The zero-order valence-electron chi connectivity index (χ0n) is 19.2. The van der Waals surface area contributed by atoms with Gasteiger partial charge in [0, 0.05) is 25.4 Å². The van der Waals surface area contributed by atoms with Gasteiger partial charge in [-0.1, -0.05) is 0 Å². The summed E-state index contributed by atoms with van der Waals surface area (Å²) in [5.74, 6) is -0.423. The Bertz CT molecular complexity index is 1260. The van der Waals surface area contributed by atoms with E-state index in [1.54, 1.807) is 34.8 Å². The van der Waals surface area contributed by atoms with Crippen molar-refractivity contribution in [1.82, 2.24) is 19.5 Å². The number of aryl methyl sites for hydroxylation is 1. The van der Waals surface area contributed by atoms with E-state index in [4.69, 9.17) is 4.74 Å². The summed E-state index contributed by atoms with van der Waals surface area (Å²) in [5.41, 5.74) is 1.50. The molecule has 0 spiro atoms. The van der Waals surface area contributed by atoms with Crippen molar-refractivity contribution >= 4 is 61.4 Å². The Morgan fingerprint density at radius 1 is 1.24 bits per heavy atom. The first-order chi connectivity index (χ1) is 16.0. The molecule has 3 aromatic rings. The van der Waals surface area contributed by atoms with Gasteiger partial charge in [-0.2, -0.15) is 5.10 Å². The third kappa shape index (κ3) is 5.55. The SMILES string of the molecule is Cc1ncc(NC(=O)CC2CN(C(=O)OC(C)(C)C)C2)cc1NC(=O)c1cnn2cc(Br)sc12. The van der Waals surface area contributed by atoms with Crippen molar-refractivity contribution in [2.45, 2.75) is 39.7 Å². The number of amides is 3. The molecule has 1 aliphatic rings. The number of nitrogens with zero attached hydrogens (tertiary/aromatic N) is 4. The second-order valence-corrected chi connectivity index (χ2v) is 11.6. The molecule has 3 aromatic heterocycles. The minimum Gasteiger partial charge on any atom is -0.444 e. The lowest BCUT2D eigenvalue weighted by Gasteiger charge is -2.39. The van der Waals surface area contributed by atoms with Gasteiger partial charge >= 0.3 is 6.09 Å². The van der Waals surface area contributed by atoms with Crippen molar-refractivity contribution in [2.75, 3.05) is 23.7 Å². The van der Waals surface area contributed by atoms with Gasteiger partial charge in [0.15, 0.2) is 0 Å². The van der Waals surface area contributed by atoms with Crippen LogP contribution < -0.4 is 10.6 Å². The Hall–Kier alpha value is -2.99. The highest BCUT2D eigenvalue weighted by molar-refractivity contribution is 9.11. The standard InChI is InChI=1S/C22H25BrN6O4S/c1-12-16(27-19(31)15-8-25-29-11-17(23)34-20(15)29)6-14(7-24-12)26-18(30)5-13-9-28(10-13)21(32)33-22(2,3)4/h6-8,11,13H,5,9-10H2,1-4H3,(H,26,30)(H,27,31). The molecule has 12 heteroatoms. The van der Waals surface area contributed by atoms with Crippen LogP contribution in [0.3, 0.4) is 0 Å². The Morgan fingerprint density at radius 2 is 1.97 bits per heavy atom. The van der Waals surface area contributed by atoms with Crippen LogP contribution in [-0.4, -0.2) is 56.1 Å². The van der Waals surface area contributed by atoms with Crippen molar-refractivity contribution in [2.24, 2.45) is 5.92 Å². The van der Waals surface area contributed by atoms with Gasteiger partial charge in [0.1, 0.15) is 10.4 Å². The maximum atomic E-state index is 12.8. The molecule has 4 rings (SSSR count). The number of hydrogen-bond donors (Lipinski definition) is 2. The lowest BCUT2D eigenvalue weighted by atomic mass is 9.96. The molecule has 2 N–H and O–H groups in total. The number of carbonyl (C=O) groups is 3. The maximum Gasteiger partial charge on any atom is 0.410 e. The topological polar surface area (TPSA) is 118 Å². The molecule has 180 valence electrons. The number of halogens is 1. The average molecular weight is 549 g/mol. The number of aromatic nitrogens is 3. The van der Waals surface area contributed by atoms with Crippen molar-refractivity contribution in [3.8, 4) is 0 Å². The van der Waals surface area contributed by atoms with E-state index in [-0.39, 0.29) is 30.2 Å². The lowest BCUT2D eigenvalue weighted by molar-refractivity contribution is -0.118. The molecule has 0 radical (unpaired) electrons. The molecule has 0 atom stereocenters. The Balaban J connectivity index is 1.33. The van der Waals surface area contributed by atoms with Crippen LogP contribution in [0.4, 0.5) is 16.2 Å². The molecule has 10 nitrogen and oxygen atoms in total. The highest BCUT2D eigenvalue weighted by atomic mass is 79.9. The monoisotopic (exact) mass is 548 g/mol. The lowest BCUT2D eigenvalue weighted by Crippen LogP contribution is -2.52. The van der Waals surface area contributed by atoms with Gasteiger partial charge in [-0.25, -0.2) is 9.31 Å². The molecular formula is C22H25BrN6O4S. The van der Waals surface area contributed by atoms with Crippen LogP contribution in [-0.2, 0) is 9.53 Å². The van der Waals surface area contributed by atoms with Gasteiger partial charge in [-0.15, -0.1) is 11.3 Å². The summed E-state index contributed by atoms with van der Waals surface area (Å²) < 4.78 is 7.84. The van der Waals surface area contributed by atoms with Gasteiger partial charge in [0.05, 0.1) is 45.0 Å². The van der Waals surface area contributed by atoms with Crippen LogP contribution in [0.1, 0.15) is 43.2 Å². The highest BCUT2D eigenvalue weighted by Crippen LogP contribution is 2.27. The van der Waals surface area contributed by atoms with Crippen LogP contribution in [0.2, 0.25) is 0 Å². The number of fused-ring (bicyclic) bond motifs is 1. The Morgan fingerprint density at radius 3 is 2.68 bits per heavy atom. The van der Waals surface area contributed by atoms with Gasteiger partial charge in [0.25, 0.3) is 5.91 Å². The number of ether oxygens (including phenoxy) is 1. The largest absolute Gasteiger partial charge is 0.444 e. The first kappa shape index (κ1) is 24.1. The Labute approximate surface area is 208 Å². The predicted octanol–water partition coefficient (Wildman–Crippen LogP) is 4.31. The maximum absolute atomic E-state index is 12.8. The first-order valence-electron chi connectivity index (χ1n) is 10.7. The molecule has 3 amide bonds. The molecule has 0 aliphatic carbocycles. The average Bonchev–Trinajstić information content (AvgIpc) is 3.24. The van der Waals surface area contributed by atoms with Gasteiger partial charge in [-0.3, -0.25) is 14.6 Å². The fourth-order valence-electron chi connectivity index (χ4n) is 3.48. The third-order valence-corrected chi connectivity index (χ3v) is 6.71. The van der Waals surface area contributed by atoms with Crippen LogP contribution in [0.5, 0.6) is 0 Å². The number of rotatable bonds is 5. The molecule has 1 fully saturated rings. The van der Waals surface area contributed by atoms with Crippen LogP contribution in [0, 0.1) is 12.8 Å². The molecule has 0 bridgehead atoms. The third-order valence-electron chi connectivity index (χ3n) is 5.11. The van der Waals surface area contributed by atoms with E-state index in [1.807, 2.05) is 20.8 Å². The summed E-state index contributed by atoms with van der Waals surface area (Å²) in [4.78, 5) is 44.0. The summed E-state index contributed by atoms with van der Waals surface area (Å²) >= 11 is 4.80. The first-order valence-corrected chi connectivity index (χ1v) is 12.3. The van der Waals surface area contributed by atoms with E-state index in [0.29, 0.717) is 35.7 Å². The van der Waals surface area contributed by atoms with Crippen molar-refractivity contribution in [3.63, 3.8) is 0 Å². The van der Waals surface area contributed by atoms with E-state index >= 15 is 0 Å². The zero-order chi connectivity index (χ0) is 24.6. The summed E-state index contributed by atoms with van der Waals surface area (Å²) in [6.45, 7) is 8.19. The number of thiazole rings is 1. The van der Waals surface area contributed by atoms with Crippen molar-refractivity contribution in [3.05, 3.63) is 39.7 Å². The zero-order valence-corrected chi connectivity index (χ0v) is 21.6. The second-order valence-electron chi connectivity index (χ2n) is 9.16. The minimum absolute atomic E-state index is 0.0694. The van der Waals surface area contributed by atoms with Gasteiger partial charge in [-0.05, 0) is 49.7 Å². The van der Waals surface area contributed by atoms with Crippen molar-refractivity contribution in [1.29, 1.82) is 0 Å². The number of likely N-dealkylation sites (tertiary alicyclic amines) is 1. The summed E-state index contributed by atoms with van der Waals surface area (Å²) in [5, 5.41) is 9.87. The van der Waals surface area contributed by atoms with E-state index in [9.17, 15) is 14.4 Å². The number of carbonyl (C=O) groups excluding carboxylic acids is 3. The number of hydrogen-bond acceptors (Lipinski definition) is 7. The normalized spacial score (nSPS) is 14.1. The second kappa shape index (κ2) is 9.34. The molecule has 0 unspecified atom stereocenters. The smallest absolute Gasteiger partial charge is 0.410 e. The molecule has 1 saturated heterocycles. The summed E-state index contributed by atoms with van der Waals surface area (Å²) in [7, 11) is 0. The van der Waals surface area contributed by atoms with Crippen LogP contribution >= 0.6 is 27.3 Å². The molecule has 34 heavy (non-hydrogen) atoms. The van der Waals surface area contributed by atoms with Crippen LogP contribution in [0.25, 0.3) is 4.83 Å². The summed E-state index contributed by atoms with van der Waals surface area (Å²) in [6.07, 6.45) is 4.76. The number of anilines is 2. The number of nitrogens with one attached hydrogen (secondary N) is 2. The summed E-state index contributed by atoms with van der Waals surface area (Å²) in [6, 6.07) is 1.68. The van der Waals surface area contributed by atoms with Crippen LogP contribution in [0.15, 0.2) is 28.4 Å². The van der Waals surface area contributed by atoms with E-state index in [1.165, 1.54) is 17.5 Å². The van der Waals surface area contributed by atoms with Gasteiger partial charge in [0.2, 0.25) is 5.91 Å². The molecule has 4 heterocycles. The molecule has 1 aliphatic heterocycles. The van der Waals surface area contributed by atoms with Crippen molar-refractivity contribution < 1.29 is 19.1 Å². The highest BCUT2D eigenvalue weighted by Gasteiger charge is 2.34. The van der Waals surface area contributed by atoms with E-state index in [0.717, 1.165) is 8.62 Å². The fraction of sp³-hybridized carbons (Fsp3) is 0.409. The number of pyridine rings is 1. The van der Waals surface area contributed by atoms with E-state index in [2.05, 4.69) is 36.6 Å². The fourth-order valence-corrected chi connectivity index (χ4v) is 4.92. The minimum atomic E-state index is -0.546. The predicted molar refractivity (Wildman–Crippen MR) is 132 cm³/mol. The van der Waals surface area contributed by atoms with E-state index < -0.39 is 5.60 Å².